The summed E-state index contributed by atoms with van der Waals surface area (Å²) in [6, 6.07) is 3.54. The highest BCUT2D eigenvalue weighted by Gasteiger charge is 2.65. The Hall–Kier alpha value is -2.74. The van der Waals surface area contributed by atoms with Gasteiger partial charge in [-0.2, -0.15) is 0 Å². The molecule has 3 aliphatic rings. The number of likely N-dealkylation sites (tertiary alicyclic amines) is 1. The Morgan fingerprint density at radius 3 is 2.48 bits per heavy atom. The van der Waals surface area contributed by atoms with E-state index < -0.39 is 29.5 Å². The fourth-order valence-corrected chi connectivity index (χ4v) is 4.43. The van der Waals surface area contributed by atoms with Crippen molar-refractivity contribution in [3.8, 4) is 17.2 Å². The molecule has 2 saturated heterocycles. The zero-order chi connectivity index (χ0) is 19.3. The van der Waals surface area contributed by atoms with Gasteiger partial charge in [0.25, 0.3) is 0 Å². The minimum atomic E-state index is -1.25. The Balaban J connectivity index is 1.63. The Kier molecular flexibility index (Phi) is 4.03. The van der Waals surface area contributed by atoms with Crippen LogP contribution in [0, 0.1) is 11.8 Å². The number of carbonyl (C=O) groups is 2. The molecule has 3 heterocycles. The van der Waals surface area contributed by atoms with Gasteiger partial charge in [-0.15, -0.1) is 0 Å². The highest BCUT2D eigenvalue weighted by molar-refractivity contribution is 5.90. The molecule has 2 fully saturated rings. The summed E-state index contributed by atoms with van der Waals surface area (Å²) in [4.78, 5) is 26.1. The third-order valence-corrected chi connectivity index (χ3v) is 5.55. The van der Waals surface area contributed by atoms with Crippen molar-refractivity contribution in [1.29, 1.82) is 0 Å². The Labute approximate surface area is 156 Å². The number of amides is 1. The molecule has 1 spiro atoms. The summed E-state index contributed by atoms with van der Waals surface area (Å²) in [6.45, 7) is 0.569. The standard InChI is InChI=1S/C19H21NO7/c1-24-12-6-10(7-13(25-2)16(12)26-3)8-20-9-19-5-4-11(27-19)14(18(22)23)15(19)17(20)21/h4-7,11,14-15H,8-9H2,1-3H3,(H,22,23)/p-1/t11-,14+,15-,19-/m1/s1. The number of fused-ring (bicyclic) bond motifs is 1. The van der Waals surface area contributed by atoms with Gasteiger partial charge in [0.1, 0.15) is 5.60 Å². The largest absolute Gasteiger partial charge is 0.550 e. The number of carbonyl (C=O) groups excluding carboxylic acids is 2. The minimum Gasteiger partial charge on any atom is -0.550 e. The quantitative estimate of drug-likeness (QED) is 0.633. The second-order valence-corrected chi connectivity index (χ2v) is 6.95. The summed E-state index contributed by atoms with van der Waals surface area (Å²) < 4.78 is 21.9. The van der Waals surface area contributed by atoms with Crippen molar-refractivity contribution in [3.63, 3.8) is 0 Å². The molecule has 4 rings (SSSR count). The molecule has 8 heteroatoms. The molecule has 1 aromatic rings. The molecule has 0 saturated carbocycles. The molecule has 0 radical (unpaired) electrons. The second-order valence-electron chi connectivity index (χ2n) is 6.95. The highest BCUT2D eigenvalue weighted by Crippen LogP contribution is 2.52. The molecule has 27 heavy (non-hydrogen) atoms. The predicted molar refractivity (Wildman–Crippen MR) is 90.2 cm³/mol. The van der Waals surface area contributed by atoms with Gasteiger partial charge in [-0.25, -0.2) is 0 Å². The lowest BCUT2D eigenvalue weighted by atomic mass is 9.77. The number of aliphatic carboxylic acids is 1. The van der Waals surface area contributed by atoms with Crippen molar-refractivity contribution in [3.05, 3.63) is 29.8 Å². The van der Waals surface area contributed by atoms with E-state index >= 15 is 0 Å². The fraction of sp³-hybridized carbons (Fsp3) is 0.474. The molecular weight excluding hydrogens is 354 g/mol. The Morgan fingerprint density at radius 2 is 1.93 bits per heavy atom. The Bertz CT molecular complexity index is 810. The molecule has 0 unspecified atom stereocenters. The lowest BCUT2D eigenvalue weighted by Gasteiger charge is -2.24. The summed E-state index contributed by atoms with van der Waals surface area (Å²) in [5, 5.41) is 11.5. The number of hydrogen-bond acceptors (Lipinski definition) is 7. The molecule has 4 atom stereocenters. The van der Waals surface area contributed by atoms with Gasteiger partial charge in [0.2, 0.25) is 11.7 Å². The second kappa shape index (κ2) is 6.16. The van der Waals surface area contributed by atoms with Crippen LogP contribution in [-0.2, 0) is 20.9 Å². The number of carboxylic acid groups (broad SMARTS) is 1. The number of hydrogen-bond donors (Lipinski definition) is 0. The van der Waals surface area contributed by atoms with Crippen molar-refractivity contribution in [2.24, 2.45) is 11.8 Å². The zero-order valence-electron chi connectivity index (χ0n) is 15.3. The van der Waals surface area contributed by atoms with Crippen molar-refractivity contribution in [1.82, 2.24) is 4.90 Å². The van der Waals surface area contributed by atoms with Gasteiger partial charge in [0.05, 0.1) is 39.9 Å². The number of rotatable bonds is 6. The monoisotopic (exact) mass is 374 g/mol. The Morgan fingerprint density at radius 1 is 1.26 bits per heavy atom. The third-order valence-electron chi connectivity index (χ3n) is 5.55. The van der Waals surface area contributed by atoms with E-state index in [0.717, 1.165) is 5.56 Å². The first-order valence-corrected chi connectivity index (χ1v) is 8.60. The first kappa shape index (κ1) is 17.7. The van der Waals surface area contributed by atoms with Crippen LogP contribution in [0.25, 0.3) is 0 Å². The van der Waals surface area contributed by atoms with Crippen LogP contribution in [0.3, 0.4) is 0 Å². The summed E-state index contributed by atoms with van der Waals surface area (Å²) in [5.74, 6) is -1.76. The predicted octanol–water partition coefficient (Wildman–Crippen LogP) is -0.256. The van der Waals surface area contributed by atoms with Crippen molar-refractivity contribution >= 4 is 11.9 Å². The average molecular weight is 374 g/mol. The van der Waals surface area contributed by atoms with E-state index in [2.05, 4.69) is 0 Å². The number of benzene rings is 1. The van der Waals surface area contributed by atoms with Crippen molar-refractivity contribution < 1.29 is 33.6 Å². The zero-order valence-corrected chi connectivity index (χ0v) is 15.3. The van der Waals surface area contributed by atoms with Gasteiger partial charge in [0, 0.05) is 18.4 Å². The molecular formula is C19H20NO7-. The lowest BCUT2D eigenvalue weighted by Crippen LogP contribution is -2.45. The molecule has 0 aliphatic carbocycles. The summed E-state index contributed by atoms with van der Waals surface area (Å²) >= 11 is 0. The van der Waals surface area contributed by atoms with Crippen LogP contribution in [-0.4, -0.2) is 56.4 Å². The molecule has 144 valence electrons. The number of ether oxygens (including phenoxy) is 4. The maximum Gasteiger partial charge on any atom is 0.230 e. The molecule has 0 N–H and O–H groups in total. The van der Waals surface area contributed by atoms with E-state index in [1.54, 1.807) is 23.1 Å². The molecule has 3 aliphatic heterocycles. The van der Waals surface area contributed by atoms with Gasteiger partial charge >= 0.3 is 0 Å². The summed E-state index contributed by atoms with van der Waals surface area (Å²) in [5.41, 5.74) is -0.106. The molecule has 1 amide bonds. The maximum absolute atomic E-state index is 13.0. The van der Waals surface area contributed by atoms with Gasteiger partial charge in [0.15, 0.2) is 11.5 Å². The first-order valence-electron chi connectivity index (χ1n) is 8.60. The van der Waals surface area contributed by atoms with Crippen LogP contribution in [0.5, 0.6) is 17.2 Å². The fourth-order valence-electron chi connectivity index (χ4n) is 4.43. The van der Waals surface area contributed by atoms with E-state index in [-0.39, 0.29) is 12.5 Å². The normalized spacial score (nSPS) is 30.6. The molecule has 0 aromatic heterocycles. The van der Waals surface area contributed by atoms with Crippen LogP contribution in [0.15, 0.2) is 24.3 Å². The third kappa shape index (κ3) is 2.47. The van der Waals surface area contributed by atoms with Crippen molar-refractivity contribution in [2.75, 3.05) is 27.9 Å². The van der Waals surface area contributed by atoms with E-state index in [1.807, 2.05) is 6.08 Å². The van der Waals surface area contributed by atoms with Crippen LogP contribution in [0.4, 0.5) is 0 Å². The SMILES string of the molecule is COc1cc(CN2C[C@@]34C=C[C@@H](O3)[C@H](C(=O)[O-])[C@@H]4C2=O)cc(OC)c1OC. The average Bonchev–Trinajstić information content (AvgIpc) is 3.29. The lowest BCUT2D eigenvalue weighted by molar-refractivity contribution is -0.313. The highest BCUT2D eigenvalue weighted by atomic mass is 16.5. The number of carboxylic acids is 1. The van der Waals surface area contributed by atoms with Crippen LogP contribution in [0.2, 0.25) is 0 Å². The van der Waals surface area contributed by atoms with Crippen LogP contribution < -0.4 is 19.3 Å². The molecule has 1 aromatic carbocycles. The van der Waals surface area contributed by atoms with Crippen LogP contribution >= 0.6 is 0 Å². The van der Waals surface area contributed by atoms with E-state index in [4.69, 9.17) is 18.9 Å². The topological polar surface area (TPSA) is 97.4 Å². The molecule has 2 bridgehead atoms. The summed E-state index contributed by atoms with van der Waals surface area (Å²) in [7, 11) is 4.56. The van der Waals surface area contributed by atoms with Gasteiger partial charge in [-0.3, -0.25) is 4.79 Å². The molecule has 8 nitrogen and oxygen atoms in total. The maximum atomic E-state index is 13.0. The van der Waals surface area contributed by atoms with E-state index in [0.29, 0.717) is 23.8 Å². The summed E-state index contributed by atoms with van der Waals surface area (Å²) in [6.07, 6.45) is 2.94. The van der Waals surface area contributed by atoms with Gasteiger partial charge in [-0.05, 0) is 17.7 Å². The van der Waals surface area contributed by atoms with Gasteiger partial charge < -0.3 is 33.7 Å². The number of methoxy groups -OCH3 is 3. The van der Waals surface area contributed by atoms with Crippen molar-refractivity contribution in [2.45, 2.75) is 18.2 Å². The smallest absolute Gasteiger partial charge is 0.230 e. The van der Waals surface area contributed by atoms with E-state index in [1.165, 1.54) is 21.3 Å². The van der Waals surface area contributed by atoms with Crippen LogP contribution in [0.1, 0.15) is 5.56 Å². The number of nitrogens with zero attached hydrogens (tertiary/aromatic N) is 1. The van der Waals surface area contributed by atoms with Gasteiger partial charge in [-0.1, -0.05) is 12.2 Å². The minimum absolute atomic E-state index is 0.246. The van der Waals surface area contributed by atoms with E-state index in [9.17, 15) is 14.7 Å². The first-order chi connectivity index (χ1) is 12.9.